The zero-order valence-corrected chi connectivity index (χ0v) is 9.37. The molecule has 0 aliphatic heterocycles. The smallest absolute Gasteiger partial charge is 0.151 e. The first-order valence-corrected chi connectivity index (χ1v) is 6.61. The summed E-state index contributed by atoms with van der Waals surface area (Å²) in [5.74, 6) is -0.00100. The predicted molar refractivity (Wildman–Crippen MR) is 59.0 cm³/mol. The number of hydrogen-bond donors (Lipinski definition) is 2. The van der Waals surface area contributed by atoms with Gasteiger partial charge < -0.3 is 10.8 Å². The molecular formula is C10H15NO3S. The van der Waals surface area contributed by atoms with Gasteiger partial charge in [0.1, 0.15) is 0 Å². The van der Waals surface area contributed by atoms with E-state index in [1.165, 1.54) is 6.26 Å². The number of hydrogen-bond acceptors (Lipinski definition) is 4. The molecule has 0 saturated carbocycles. The van der Waals surface area contributed by atoms with Crippen LogP contribution in [-0.4, -0.2) is 26.4 Å². The van der Waals surface area contributed by atoms with E-state index in [0.29, 0.717) is 5.56 Å². The van der Waals surface area contributed by atoms with Gasteiger partial charge in [-0.1, -0.05) is 24.3 Å². The highest BCUT2D eigenvalue weighted by molar-refractivity contribution is 7.89. The second-order valence-electron chi connectivity index (χ2n) is 3.60. The van der Waals surface area contributed by atoms with Gasteiger partial charge in [0, 0.05) is 6.26 Å². The predicted octanol–water partition coefficient (Wildman–Crippen LogP) is 0.223. The van der Waals surface area contributed by atoms with Crippen LogP contribution in [0.2, 0.25) is 0 Å². The summed E-state index contributed by atoms with van der Waals surface area (Å²) in [4.78, 5) is 0. The number of aliphatic hydroxyl groups is 1. The topological polar surface area (TPSA) is 80.4 Å². The average Bonchev–Trinajstić information content (AvgIpc) is 2.14. The number of nitrogens with two attached hydrogens (primary N) is 1. The largest absolute Gasteiger partial charge is 0.394 e. The van der Waals surface area contributed by atoms with E-state index in [1.54, 1.807) is 24.3 Å². The Hall–Kier alpha value is -0.910. The van der Waals surface area contributed by atoms with Crippen molar-refractivity contribution in [2.45, 2.75) is 11.8 Å². The van der Waals surface area contributed by atoms with Crippen LogP contribution >= 0.6 is 0 Å². The maximum atomic E-state index is 11.1. The summed E-state index contributed by atoms with van der Waals surface area (Å²) in [6.45, 7) is -0.150. The van der Waals surface area contributed by atoms with Crippen molar-refractivity contribution in [2.75, 3.05) is 12.9 Å². The van der Waals surface area contributed by atoms with Crippen LogP contribution < -0.4 is 5.73 Å². The summed E-state index contributed by atoms with van der Waals surface area (Å²) in [5.41, 5.74) is 7.07. The van der Waals surface area contributed by atoms with Gasteiger partial charge in [0.15, 0.2) is 9.84 Å². The molecular weight excluding hydrogens is 214 g/mol. The number of aliphatic hydroxyl groups excluding tert-OH is 1. The van der Waals surface area contributed by atoms with Crippen molar-refractivity contribution in [3.05, 3.63) is 35.4 Å². The molecule has 0 radical (unpaired) electrons. The lowest BCUT2D eigenvalue weighted by atomic mass is 10.1. The number of rotatable bonds is 4. The second-order valence-corrected chi connectivity index (χ2v) is 5.74. The summed E-state index contributed by atoms with van der Waals surface area (Å²) >= 11 is 0. The van der Waals surface area contributed by atoms with E-state index in [1.807, 2.05) is 0 Å². The molecule has 0 spiro atoms. The third kappa shape index (κ3) is 3.99. The van der Waals surface area contributed by atoms with Gasteiger partial charge >= 0.3 is 0 Å². The Labute approximate surface area is 89.7 Å². The van der Waals surface area contributed by atoms with Gasteiger partial charge in [-0.25, -0.2) is 8.42 Å². The summed E-state index contributed by atoms with van der Waals surface area (Å²) in [6, 6.07) is 6.50. The summed E-state index contributed by atoms with van der Waals surface area (Å²) in [6.07, 6.45) is 1.19. The fraction of sp³-hybridized carbons (Fsp3) is 0.400. The normalized spacial score (nSPS) is 13.8. The van der Waals surface area contributed by atoms with Crippen molar-refractivity contribution in [3.63, 3.8) is 0 Å². The molecule has 0 amide bonds. The monoisotopic (exact) mass is 229 g/mol. The van der Waals surface area contributed by atoms with Crippen LogP contribution in [0.3, 0.4) is 0 Å². The van der Waals surface area contributed by atoms with Gasteiger partial charge in [0.2, 0.25) is 0 Å². The first-order valence-electron chi connectivity index (χ1n) is 4.55. The molecule has 1 aromatic carbocycles. The van der Waals surface area contributed by atoms with E-state index in [9.17, 15) is 8.42 Å². The zero-order valence-electron chi connectivity index (χ0n) is 8.55. The Bertz CT molecular complexity index is 428. The quantitative estimate of drug-likeness (QED) is 0.774. The van der Waals surface area contributed by atoms with Crippen LogP contribution in [0.15, 0.2) is 24.3 Å². The maximum absolute atomic E-state index is 11.1. The molecule has 84 valence electrons. The minimum Gasteiger partial charge on any atom is -0.394 e. The molecule has 5 heteroatoms. The van der Waals surface area contributed by atoms with Gasteiger partial charge in [-0.15, -0.1) is 0 Å². The summed E-state index contributed by atoms with van der Waals surface area (Å²) < 4.78 is 22.1. The minimum atomic E-state index is -3.03. The van der Waals surface area contributed by atoms with E-state index >= 15 is 0 Å². The zero-order chi connectivity index (χ0) is 11.5. The number of sulfone groups is 1. The second kappa shape index (κ2) is 4.74. The molecule has 1 unspecified atom stereocenters. The Morgan fingerprint density at radius 1 is 1.47 bits per heavy atom. The Kier molecular flexibility index (Phi) is 3.84. The molecule has 0 aliphatic carbocycles. The first kappa shape index (κ1) is 12.2. The Morgan fingerprint density at radius 3 is 2.67 bits per heavy atom. The van der Waals surface area contributed by atoms with Crippen LogP contribution in [0, 0.1) is 0 Å². The molecule has 0 bridgehead atoms. The van der Waals surface area contributed by atoms with Crippen LogP contribution in [0.1, 0.15) is 17.2 Å². The van der Waals surface area contributed by atoms with E-state index in [4.69, 9.17) is 10.8 Å². The van der Waals surface area contributed by atoms with Gasteiger partial charge in [-0.2, -0.15) is 0 Å². The van der Waals surface area contributed by atoms with E-state index in [2.05, 4.69) is 0 Å². The molecule has 0 saturated heterocycles. The molecule has 0 heterocycles. The van der Waals surface area contributed by atoms with Crippen molar-refractivity contribution < 1.29 is 13.5 Å². The fourth-order valence-electron chi connectivity index (χ4n) is 1.32. The van der Waals surface area contributed by atoms with Crippen molar-refractivity contribution in [3.8, 4) is 0 Å². The third-order valence-corrected chi connectivity index (χ3v) is 2.86. The number of benzene rings is 1. The lowest BCUT2D eigenvalue weighted by molar-refractivity contribution is 0.268. The van der Waals surface area contributed by atoms with E-state index in [-0.39, 0.29) is 12.4 Å². The van der Waals surface area contributed by atoms with Gasteiger partial charge in [-0.05, 0) is 11.1 Å². The highest BCUT2D eigenvalue weighted by Crippen LogP contribution is 2.13. The van der Waals surface area contributed by atoms with Gasteiger partial charge in [0.05, 0.1) is 18.4 Å². The van der Waals surface area contributed by atoms with Crippen molar-refractivity contribution in [1.29, 1.82) is 0 Å². The summed E-state index contributed by atoms with van der Waals surface area (Å²) in [5, 5.41) is 8.87. The van der Waals surface area contributed by atoms with Crippen LogP contribution in [0.4, 0.5) is 0 Å². The van der Waals surface area contributed by atoms with Crippen molar-refractivity contribution >= 4 is 9.84 Å². The molecule has 0 fully saturated rings. The van der Waals surface area contributed by atoms with Gasteiger partial charge in [0.25, 0.3) is 0 Å². The molecule has 4 nitrogen and oxygen atoms in total. The lowest BCUT2D eigenvalue weighted by Gasteiger charge is -2.09. The molecule has 1 rings (SSSR count). The highest BCUT2D eigenvalue weighted by atomic mass is 32.2. The summed E-state index contributed by atoms with van der Waals surface area (Å²) in [7, 11) is -3.03. The molecule has 1 aromatic rings. The molecule has 0 aromatic heterocycles. The van der Waals surface area contributed by atoms with Crippen LogP contribution in [0.5, 0.6) is 0 Å². The Balaban J connectivity index is 2.93. The van der Waals surface area contributed by atoms with E-state index < -0.39 is 15.9 Å². The SMILES string of the molecule is CS(=O)(=O)Cc1cccc(C(N)CO)c1. The van der Waals surface area contributed by atoms with E-state index in [0.717, 1.165) is 5.56 Å². The molecule has 1 atom stereocenters. The van der Waals surface area contributed by atoms with Crippen molar-refractivity contribution in [2.24, 2.45) is 5.73 Å². The van der Waals surface area contributed by atoms with Gasteiger partial charge in [-0.3, -0.25) is 0 Å². The average molecular weight is 229 g/mol. The molecule has 0 aliphatic rings. The fourth-order valence-corrected chi connectivity index (χ4v) is 2.11. The standard InChI is InChI=1S/C10H15NO3S/c1-15(13,14)7-8-3-2-4-9(5-8)10(11)6-12/h2-5,10,12H,6-7,11H2,1H3. The first-order chi connectivity index (χ1) is 6.92. The van der Waals surface area contributed by atoms with Crippen LogP contribution in [-0.2, 0) is 15.6 Å². The Morgan fingerprint density at radius 2 is 2.13 bits per heavy atom. The molecule has 15 heavy (non-hydrogen) atoms. The van der Waals surface area contributed by atoms with Crippen molar-refractivity contribution in [1.82, 2.24) is 0 Å². The molecule has 3 N–H and O–H groups in total. The lowest BCUT2D eigenvalue weighted by Crippen LogP contribution is -2.14. The maximum Gasteiger partial charge on any atom is 0.151 e. The minimum absolute atomic E-state index is 0.00100. The third-order valence-electron chi connectivity index (χ3n) is 2.00. The van der Waals surface area contributed by atoms with Crippen LogP contribution in [0.25, 0.3) is 0 Å². The highest BCUT2D eigenvalue weighted by Gasteiger charge is 2.08.